The van der Waals surface area contributed by atoms with Crippen LogP contribution in [0.5, 0.6) is 0 Å². The van der Waals surface area contributed by atoms with Crippen LogP contribution in [0.25, 0.3) is 0 Å². The smallest absolute Gasteiger partial charge is 0.418 e. The van der Waals surface area contributed by atoms with Crippen molar-refractivity contribution in [2.75, 3.05) is 0 Å². The van der Waals surface area contributed by atoms with E-state index in [0.717, 1.165) is 0 Å². The van der Waals surface area contributed by atoms with Crippen molar-refractivity contribution in [2.45, 2.75) is 51.9 Å². The van der Waals surface area contributed by atoms with Crippen molar-refractivity contribution in [3.8, 4) is 0 Å². The van der Waals surface area contributed by atoms with Gasteiger partial charge in [0.15, 0.2) is 12.1 Å². The molecular formula is C45H43BF4N2. The third-order valence-electron chi connectivity index (χ3n) is 9.66. The molecule has 7 rings (SSSR count). The summed E-state index contributed by atoms with van der Waals surface area (Å²) >= 11 is 0. The van der Waals surface area contributed by atoms with E-state index in [1.54, 1.807) is 0 Å². The van der Waals surface area contributed by atoms with Crippen molar-refractivity contribution in [3.63, 3.8) is 0 Å². The zero-order chi connectivity index (χ0) is 36.8. The first-order chi connectivity index (χ1) is 25.0. The molecule has 264 valence electrons. The number of nitrogens with zero attached hydrogens (tertiary/aromatic N) is 2. The summed E-state index contributed by atoms with van der Waals surface area (Å²) in [5.74, 6) is 0. The van der Waals surface area contributed by atoms with Gasteiger partial charge in [0, 0.05) is 33.4 Å². The van der Waals surface area contributed by atoms with Crippen molar-refractivity contribution >= 4 is 13.6 Å². The fourth-order valence-electron chi connectivity index (χ4n) is 7.16. The summed E-state index contributed by atoms with van der Waals surface area (Å²) in [6.45, 7) is 8.67. The molecule has 0 saturated heterocycles. The molecule has 52 heavy (non-hydrogen) atoms. The van der Waals surface area contributed by atoms with Gasteiger partial charge < -0.3 is 17.3 Å². The zero-order valence-corrected chi connectivity index (χ0v) is 29.9. The van der Waals surface area contributed by atoms with Crippen molar-refractivity contribution < 1.29 is 21.8 Å². The van der Waals surface area contributed by atoms with Crippen LogP contribution in [0.3, 0.4) is 0 Å². The lowest BCUT2D eigenvalue weighted by Crippen LogP contribution is -2.31. The molecule has 1 aliphatic rings. The van der Waals surface area contributed by atoms with Crippen LogP contribution in [0, 0.1) is 27.7 Å². The molecule has 0 saturated carbocycles. The predicted molar refractivity (Wildman–Crippen MR) is 205 cm³/mol. The monoisotopic (exact) mass is 698 g/mol. The summed E-state index contributed by atoms with van der Waals surface area (Å²) in [7, 11) is -6.00. The minimum atomic E-state index is -6.00. The van der Waals surface area contributed by atoms with Gasteiger partial charge in [-0.25, -0.2) is 9.48 Å². The van der Waals surface area contributed by atoms with Gasteiger partial charge in [0.05, 0.1) is 0 Å². The number of aryl methyl sites for hydroxylation is 4. The first-order valence-electron chi connectivity index (χ1n) is 17.6. The summed E-state index contributed by atoms with van der Waals surface area (Å²) in [4.78, 5) is 2.64. The zero-order valence-electron chi connectivity index (χ0n) is 29.9. The van der Waals surface area contributed by atoms with Crippen LogP contribution >= 0.6 is 0 Å². The van der Waals surface area contributed by atoms with Crippen LogP contribution in [0.2, 0.25) is 0 Å². The Morgan fingerprint density at radius 3 is 1.15 bits per heavy atom. The van der Waals surface area contributed by atoms with Crippen LogP contribution in [0.4, 0.5) is 17.3 Å². The second-order valence-corrected chi connectivity index (χ2v) is 13.7. The number of rotatable bonds is 8. The molecule has 1 heterocycles. The molecule has 0 spiro atoms. The van der Waals surface area contributed by atoms with Crippen LogP contribution in [0.15, 0.2) is 158 Å². The molecule has 0 aromatic heterocycles. The average Bonchev–Trinajstić information content (AvgIpc) is 3.51. The van der Waals surface area contributed by atoms with E-state index in [0.29, 0.717) is 0 Å². The Labute approximate surface area is 304 Å². The van der Waals surface area contributed by atoms with Crippen LogP contribution in [-0.2, 0) is 0 Å². The lowest BCUT2D eigenvalue weighted by molar-refractivity contribution is -0.596. The van der Waals surface area contributed by atoms with Crippen molar-refractivity contribution in [1.82, 2.24) is 4.90 Å². The second-order valence-electron chi connectivity index (χ2n) is 13.7. The van der Waals surface area contributed by atoms with Crippen LogP contribution < -0.4 is 0 Å². The molecule has 6 aromatic carbocycles. The number of benzene rings is 6. The van der Waals surface area contributed by atoms with E-state index in [4.69, 9.17) is 0 Å². The lowest BCUT2D eigenvalue weighted by atomic mass is 9.87. The molecule has 2 atom stereocenters. The molecule has 7 heteroatoms. The maximum atomic E-state index is 9.75. The van der Waals surface area contributed by atoms with Gasteiger partial charge in [-0.2, -0.15) is 0 Å². The van der Waals surface area contributed by atoms with E-state index in [2.05, 4.69) is 201 Å². The molecule has 6 aromatic rings. The normalized spacial score (nSPS) is 15.7. The Hall–Kier alpha value is -5.43. The van der Waals surface area contributed by atoms with E-state index >= 15 is 0 Å². The highest BCUT2D eigenvalue weighted by Crippen LogP contribution is 2.49. The fourth-order valence-corrected chi connectivity index (χ4v) is 7.16. The quantitative estimate of drug-likeness (QED) is 0.0871. The SMILES string of the molecule is Cc1ccc(C(c2ccc(C)cc2)N2C=[N+](C(c3ccc(C)cc3)c3ccc(C)cc3)[C@@H](c3ccccc3)[C@@H]2c2ccccc2)cc1.F[B-](F)(F)F. The lowest BCUT2D eigenvalue weighted by Gasteiger charge is -2.31. The van der Waals surface area contributed by atoms with Gasteiger partial charge in [-0.05, 0) is 27.7 Å². The third-order valence-corrected chi connectivity index (χ3v) is 9.66. The number of halogens is 4. The molecule has 0 aliphatic carbocycles. The van der Waals surface area contributed by atoms with Crippen molar-refractivity contribution in [1.29, 1.82) is 0 Å². The summed E-state index contributed by atoms with van der Waals surface area (Å²) in [5.41, 5.74) is 12.8. The van der Waals surface area contributed by atoms with Gasteiger partial charge in [-0.15, -0.1) is 0 Å². The molecule has 1 aliphatic heterocycles. The van der Waals surface area contributed by atoms with Crippen molar-refractivity contribution in [2.24, 2.45) is 0 Å². The molecule has 0 unspecified atom stereocenters. The van der Waals surface area contributed by atoms with E-state index in [1.807, 2.05) is 0 Å². The molecular weight excluding hydrogens is 655 g/mol. The number of hydrogen-bond donors (Lipinski definition) is 0. The van der Waals surface area contributed by atoms with Gasteiger partial charge in [0.2, 0.25) is 6.34 Å². The molecule has 0 N–H and O–H groups in total. The maximum absolute atomic E-state index is 9.75. The Kier molecular flexibility index (Phi) is 11.1. The Morgan fingerprint density at radius 2 is 0.788 bits per heavy atom. The molecule has 0 amide bonds. The summed E-state index contributed by atoms with van der Waals surface area (Å²) in [6.07, 6.45) is 2.45. The molecule has 0 radical (unpaired) electrons. The number of hydrogen-bond acceptors (Lipinski definition) is 1. The van der Waals surface area contributed by atoms with Crippen LogP contribution in [0.1, 0.15) is 79.8 Å². The summed E-state index contributed by atoms with van der Waals surface area (Å²) in [6, 6.07) is 58.8. The Bertz CT molecular complexity index is 1970. The van der Waals surface area contributed by atoms with E-state index in [1.165, 1.54) is 55.6 Å². The van der Waals surface area contributed by atoms with Gasteiger partial charge in [0.1, 0.15) is 12.1 Å². The predicted octanol–water partition coefficient (Wildman–Crippen LogP) is 11.9. The van der Waals surface area contributed by atoms with Crippen LogP contribution in [-0.4, -0.2) is 23.1 Å². The summed E-state index contributed by atoms with van der Waals surface area (Å²) < 4.78 is 41.6. The minimum Gasteiger partial charge on any atom is -0.418 e. The Balaban J connectivity index is 0.000000870. The maximum Gasteiger partial charge on any atom is 0.673 e. The highest BCUT2D eigenvalue weighted by atomic mass is 19.5. The Morgan fingerprint density at radius 1 is 0.462 bits per heavy atom. The molecule has 2 nitrogen and oxygen atoms in total. The van der Waals surface area contributed by atoms with Crippen molar-refractivity contribution in [3.05, 3.63) is 213 Å². The minimum absolute atomic E-state index is 0.00861. The first-order valence-corrected chi connectivity index (χ1v) is 17.6. The van der Waals surface area contributed by atoms with Gasteiger partial charge in [0.25, 0.3) is 0 Å². The topological polar surface area (TPSA) is 6.25 Å². The highest BCUT2D eigenvalue weighted by molar-refractivity contribution is 6.50. The summed E-state index contributed by atoms with van der Waals surface area (Å²) in [5, 5.41) is 0. The average molecular weight is 699 g/mol. The largest absolute Gasteiger partial charge is 0.673 e. The second kappa shape index (κ2) is 15.9. The standard InChI is InChI=1S/C45H43N2.BF4/c1-32-15-23-38(24-16-32)42(39-25-17-33(2)18-26-39)46-31-47(43(40-27-19-34(3)20-28-40)41-29-21-35(4)22-30-41)45(37-13-9-6-10-14-37)44(46)36-11-7-5-8-12-36;2-1(3,4)5/h5-31,42-45H,1-4H3;/q+1;-1/t44-,45-;/m0./s1. The molecule has 0 fully saturated rings. The molecule has 0 bridgehead atoms. The third kappa shape index (κ3) is 8.71. The first kappa shape index (κ1) is 36.4. The highest BCUT2D eigenvalue weighted by Gasteiger charge is 2.50. The van der Waals surface area contributed by atoms with E-state index in [-0.39, 0.29) is 24.2 Å². The van der Waals surface area contributed by atoms with E-state index < -0.39 is 7.25 Å². The van der Waals surface area contributed by atoms with Gasteiger partial charge in [-0.1, -0.05) is 180 Å². The fraction of sp³-hybridized carbons (Fsp3) is 0.178. The van der Waals surface area contributed by atoms with Gasteiger partial charge >= 0.3 is 7.25 Å². The van der Waals surface area contributed by atoms with E-state index in [9.17, 15) is 17.3 Å². The van der Waals surface area contributed by atoms with Gasteiger partial charge in [-0.3, -0.25) is 0 Å².